The number of ether oxygens (including phenoxy) is 3. The molecule has 0 spiro atoms. The van der Waals surface area contributed by atoms with Gasteiger partial charge in [-0.2, -0.15) is 0 Å². The SMILES string of the molecule is CCCCCc1cc2c(c3c1C(=O)OC(C)(CCCCl)O3)C1C=C(C)CCC1C(C)(C)O2. The number of hydrogen-bond acceptors (Lipinski definition) is 4. The fourth-order valence-corrected chi connectivity index (χ4v) is 5.79. The first-order valence-electron chi connectivity index (χ1n) is 12.2. The Morgan fingerprint density at radius 1 is 1.12 bits per heavy atom. The molecule has 0 radical (unpaired) electrons. The van der Waals surface area contributed by atoms with Gasteiger partial charge in [-0.15, -0.1) is 11.6 Å². The van der Waals surface area contributed by atoms with Crippen molar-refractivity contribution < 1.29 is 19.0 Å². The molecule has 3 unspecified atom stereocenters. The van der Waals surface area contributed by atoms with E-state index >= 15 is 0 Å². The predicted octanol–water partition coefficient (Wildman–Crippen LogP) is 7.31. The lowest BCUT2D eigenvalue weighted by atomic mass is 9.67. The highest BCUT2D eigenvalue weighted by Gasteiger charge is 2.49. The lowest BCUT2D eigenvalue weighted by Crippen LogP contribution is -2.47. The lowest BCUT2D eigenvalue weighted by Gasteiger charge is -2.48. The van der Waals surface area contributed by atoms with Gasteiger partial charge in [0.1, 0.15) is 22.7 Å². The highest BCUT2D eigenvalue weighted by molar-refractivity contribution is 6.17. The van der Waals surface area contributed by atoms with Gasteiger partial charge in [0.25, 0.3) is 5.79 Å². The number of cyclic esters (lactones) is 1. The Kier molecular flexibility index (Phi) is 6.55. The number of carbonyl (C=O) groups is 1. The third-order valence-corrected chi connectivity index (χ3v) is 7.62. The first-order chi connectivity index (χ1) is 15.2. The zero-order valence-corrected chi connectivity index (χ0v) is 20.9. The third-order valence-electron chi connectivity index (χ3n) is 7.36. The summed E-state index contributed by atoms with van der Waals surface area (Å²) in [5.74, 6) is 1.26. The van der Waals surface area contributed by atoms with E-state index < -0.39 is 5.79 Å². The van der Waals surface area contributed by atoms with Crippen LogP contribution in [0.4, 0.5) is 0 Å². The van der Waals surface area contributed by atoms with Crippen LogP contribution in [-0.4, -0.2) is 23.2 Å². The summed E-state index contributed by atoms with van der Waals surface area (Å²) in [4.78, 5) is 13.4. The molecule has 0 N–H and O–H groups in total. The van der Waals surface area contributed by atoms with Crippen LogP contribution in [0.15, 0.2) is 17.7 Å². The summed E-state index contributed by atoms with van der Waals surface area (Å²) in [6.45, 7) is 10.6. The van der Waals surface area contributed by atoms with Crippen LogP contribution >= 0.6 is 11.6 Å². The third kappa shape index (κ3) is 4.27. The van der Waals surface area contributed by atoms with Gasteiger partial charge in [0, 0.05) is 36.6 Å². The number of aryl methyl sites for hydroxylation is 1. The minimum atomic E-state index is -1.01. The average molecular weight is 461 g/mol. The molecule has 1 aromatic rings. The van der Waals surface area contributed by atoms with Crippen LogP contribution < -0.4 is 9.47 Å². The van der Waals surface area contributed by atoms with E-state index in [0.29, 0.717) is 36.0 Å². The van der Waals surface area contributed by atoms with Gasteiger partial charge in [-0.3, -0.25) is 0 Å². The van der Waals surface area contributed by atoms with Crippen LogP contribution in [0.2, 0.25) is 0 Å². The van der Waals surface area contributed by atoms with Crippen LogP contribution in [0.5, 0.6) is 11.5 Å². The molecule has 32 heavy (non-hydrogen) atoms. The van der Waals surface area contributed by atoms with Crippen LogP contribution in [0, 0.1) is 5.92 Å². The first-order valence-corrected chi connectivity index (χ1v) is 12.8. The van der Waals surface area contributed by atoms with E-state index in [4.69, 9.17) is 25.8 Å². The number of halogens is 1. The van der Waals surface area contributed by atoms with Crippen molar-refractivity contribution in [3.05, 3.63) is 34.4 Å². The van der Waals surface area contributed by atoms with Gasteiger partial charge in [-0.1, -0.05) is 31.4 Å². The van der Waals surface area contributed by atoms with Gasteiger partial charge in [0.15, 0.2) is 0 Å². The predicted molar refractivity (Wildman–Crippen MR) is 128 cm³/mol. The number of fused-ring (bicyclic) bond motifs is 5. The number of rotatable bonds is 7. The molecule has 0 aromatic heterocycles. The number of unbranched alkanes of at least 4 members (excludes halogenated alkanes) is 2. The topological polar surface area (TPSA) is 44.8 Å². The smallest absolute Gasteiger partial charge is 0.345 e. The van der Waals surface area contributed by atoms with Gasteiger partial charge in [0.05, 0.1) is 0 Å². The second-order valence-corrected chi connectivity index (χ2v) is 10.8. The number of benzene rings is 1. The normalized spacial score (nSPS) is 27.8. The van der Waals surface area contributed by atoms with Crippen molar-refractivity contribution in [3.8, 4) is 11.5 Å². The summed E-state index contributed by atoms with van der Waals surface area (Å²) in [6.07, 6.45) is 9.88. The van der Waals surface area contributed by atoms with Crippen LogP contribution in [0.25, 0.3) is 0 Å². The van der Waals surface area contributed by atoms with Gasteiger partial charge in [-0.25, -0.2) is 4.79 Å². The summed E-state index contributed by atoms with van der Waals surface area (Å²) in [7, 11) is 0. The molecule has 0 saturated carbocycles. The van der Waals surface area contributed by atoms with E-state index in [2.05, 4.69) is 39.8 Å². The molecule has 0 saturated heterocycles. The molecule has 1 aliphatic carbocycles. The standard InChI is InChI=1S/C27H37ClO4/c1-6-7-8-10-18-16-21-23(19-15-17(2)11-12-20(19)26(3,4)30-21)24-22(18)25(29)32-27(5,31-24)13-9-14-28/h15-16,19-20H,6-14H2,1-5H3. The van der Waals surface area contributed by atoms with E-state index in [1.807, 2.05) is 6.92 Å². The molecule has 0 bridgehead atoms. The second kappa shape index (κ2) is 8.93. The zero-order valence-electron chi connectivity index (χ0n) is 20.2. The number of esters is 1. The largest absolute Gasteiger partial charge is 0.487 e. The Morgan fingerprint density at radius 3 is 2.62 bits per heavy atom. The zero-order chi connectivity index (χ0) is 23.1. The highest BCUT2D eigenvalue weighted by atomic mass is 35.5. The highest BCUT2D eigenvalue weighted by Crippen LogP contribution is 2.56. The fourth-order valence-electron chi connectivity index (χ4n) is 5.66. The van der Waals surface area contributed by atoms with E-state index in [0.717, 1.165) is 55.4 Å². The Morgan fingerprint density at radius 2 is 1.91 bits per heavy atom. The van der Waals surface area contributed by atoms with E-state index in [9.17, 15) is 4.79 Å². The van der Waals surface area contributed by atoms with Crippen molar-refractivity contribution in [1.29, 1.82) is 0 Å². The summed E-state index contributed by atoms with van der Waals surface area (Å²) in [6, 6.07) is 2.09. The molecule has 4 nitrogen and oxygen atoms in total. The van der Waals surface area contributed by atoms with E-state index in [1.54, 1.807) is 0 Å². The van der Waals surface area contributed by atoms with Crippen molar-refractivity contribution >= 4 is 17.6 Å². The monoisotopic (exact) mass is 460 g/mol. The van der Waals surface area contributed by atoms with E-state index in [-0.39, 0.29) is 17.5 Å². The molecule has 3 atom stereocenters. The van der Waals surface area contributed by atoms with Crippen molar-refractivity contribution in [2.24, 2.45) is 5.92 Å². The van der Waals surface area contributed by atoms with Gasteiger partial charge in [-0.05, 0) is 64.5 Å². The maximum atomic E-state index is 13.4. The van der Waals surface area contributed by atoms with E-state index in [1.165, 1.54) is 5.57 Å². The van der Waals surface area contributed by atoms with Crippen molar-refractivity contribution in [1.82, 2.24) is 0 Å². The molecule has 3 aliphatic rings. The summed E-state index contributed by atoms with van der Waals surface area (Å²) in [5, 5.41) is 0. The molecular formula is C27H37ClO4. The molecule has 1 aromatic carbocycles. The van der Waals surface area contributed by atoms with Gasteiger partial charge in [0.2, 0.25) is 0 Å². The quantitative estimate of drug-likeness (QED) is 0.185. The number of allylic oxidation sites excluding steroid dienone is 2. The molecule has 176 valence electrons. The summed E-state index contributed by atoms with van der Waals surface area (Å²) < 4.78 is 19.1. The minimum Gasteiger partial charge on any atom is -0.487 e. The van der Waals surface area contributed by atoms with Gasteiger partial charge < -0.3 is 14.2 Å². The van der Waals surface area contributed by atoms with Crippen LogP contribution in [0.3, 0.4) is 0 Å². The number of carbonyl (C=O) groups excluding carboxylic acids is 1. The average Bonchev–Trinajstić information content (AvgIpc) is 2.71. The maximum Gasteiger partial charge on any atom is 0.345 e. The lowest BCUT2D eigenvalue weighted by molar-refractivity contribution is -0.146. The van der Waals surface area contributed by atoms with Crippen molar-refractivity contribution in [2.45, 2.75) is 103 Å². The summed E-state index contributed by atoms with van der Waals surface area (Å²) in [5.41, 5.74) is 3.71. The Labute approximate surface area is 197 Å². The maximum absolute atomic E-state index is 13.4. The second-order valence-electron chi connectivity index (χ2n) is 10.4. The Hall–Kier alpha value is -1.68. The first kappa shape index (κ1) is 23.5. The van der Waals surface area contributed by atoms with Crippen molar-refractivity contribution in [2.75, 3.05) is 5.88 Å². The molecule has 5 heteroatoms. The van der Waals surface area contributed by atoms with Gasteiger partial charge >= 0.3 is 5.97 Å². The Balaban J connectivity index is 1.88. The summed E-state index contributed by atoms with van der Waals surface area (Å²) >= 11 is 5.95. The Bertz CT molecular complexity index is 919. The molecule has 0 fully saturated rings. The molecule has 4 rings (SSSR count). The van der Waals surface area contributed by atoms with Crippen molar-refractivity contribution in [3.63, 3.8) is 0 Å². The molecule has 2 heterocycles. The van der Waals surface area contributed by atoms with Crippen LogP contribution in [-0.2, 0) is 11.2 Å². The minimum absolute atomic E-state index is 0.170. The molecule has 2 aliphatic heterocycles. The number of alkyl halides is 1. The van der Waals surface area contributed by atoms with Crippen LogP contribution in [0.1, 0.15) is 107 Å². The fraction of sp³-hybridized carbons (Fsp3) is 0.667. The molecule has 0 amide bonds. The number of hydrogen-bond donors (Lipinski definition) is 0. The molecular weight excluding hydrogens is 424 g/mol.